The number of benzene rings is 1. The molecule has 0 heterocycles. The van der Waals surface area contributed by atoms with Gasteiger partial charge in [0.25, 0.3) is 0 Å². The van der Waals surface area contributed by atoms with Crippen molar-refractivity contribution >= 4 is 8.32 Å². The van der Waals surface area contributed by atoms with Crippen LogP contribution in [0.3, 0.4) is 0 Å². The highest BCUT2D eigenvalue weighted by Gasteiger charge is 2.81. The Morgan fingerprint density at radius 2 is 1.67 bits per heavy atom. The minimum absolute atomic E-state index is 0.124. The van der Waals surface area contributed by atoms with Crippen molar-refractivity contribution in [1.29, 1.82) is 0 Å². The van der Waals surface area contributed by atoms with Gasteiger partial charge in [-0.3, -0.25) is 10.1 Å². The van der Waals surface area contributed by atoms with Crippen LogP contribution >= 0.6 is 0 Å². The van der Waals surface area contributed by atoms with Crippen LogP contribution in [0.2, 0.25) is 18.1 Å². The van der Waals surface area contributed by atoms with E-state index in [1.54, 1.807) is 6.92 Å². The predicted octanol–water partition coefficient (Wildman–Crippen LogP) is 5.29. The number of hydrogen-bond donors (Lipinski definition) is 0. The van der Waals surface area contributed by atoms with E-state index < -0.39 is 19.3 Å². The Bertz CT molecular complexity index is 624. The Morgan fingerprint density at radius 3 is 2.11 bits per heavy atom. The molecule has 0 aliphatic heterocycles. The van der Waals surface area contributed by atoms with Gasteiger partial charge in [-0.1, -0.05) is 65.0 Å². The summed E-state index contributed by atoms with van der Waals surface area (Å²) in [6.45, 7) is 13.2. The molecule has 5 nitrogen and oxygen atoms in total. The molecule has 1 aliphatic carbocycles. The molecule has 3 atom stereocenters. The van der Waals surface area contributed by atoms with Gasteiger partial charge in [0, 0.05) is 17.3 Å². The van der Waals surface area contributed by atoms with Crippen molar-refractivity contribution < 1.29 is 14.1 Å². The van der Waals surface area contributed by atoms with Crippen LogP contribution < -0.4 is 0 Å². The number of nitro groups is 1. The Kier molecular flexibility index (Phi) is 6.87. The van der Waals surface area contributed by atoms with Crippen molar-refractivity contribution in [3.8, 4) is 0 Å². The summed E-state index contributed by atoms with van der Waals surface area (Å²) in [6.07, 6.45) is -0.271. The second-order valence-corrected chi connectivity index (χ2v) is 13.3. The van der Waals surface area contributed by atoms with Crippen molar-refractivity contribution in [2.24, 2.45) is 11.3 Å². The number of hydrogen-bond acceptors (Lipinski definition) is 4. The van der Waals surface area contributed by atoms with E-state index in [1.165, 1.54) is 0 Å². The van der Waals surface area contributed by atoms with Gasteiger partial charge < -0.3 is 9.16 Å². The van der Waals surface area contributed by atoms with E-state index in [0.717, 1.165) is 23.7 Å². The smallest absolute Gasteiger partial charge is 0.231 e. The van der Waals surface area contributed by atoms with E-state index in [9.17, 15) is 10.1 Å². The Balaban J connectivity index is 2.18. The summed E-state index contributed by atoms with van der Waals surface area (Å²) < 4.78 is 12.7. The molecule has 0 bridgehead atoms. The molecule has 0 radical (unpaired) electrons. The van der Waals surface area contributed by atoms with Crippen LogP contribution in [0.15, 0.2) is 30.3 Å². The SMILES string of the molecule is CC[Si](CC)(CC)OC[C@H](OCc1ccccc1)[C@@H]1C(C)(C)[C@]1(C)[N+](=O)[O-]. The molecule has 1 saturated carbocycles. The zero-order valence-corrected chi connectivity index (χ0v) is 18.7. The summed E-state index contributed by atoms with van der Waals surface area (Å²) in [5.41, 5.74) is -0.295. The third kappa shape index (κ3) is 4.12. The summed E-state index contributed by atoms with van der Waals surface area (Å²) in [5.74, 6) is -0.152. The fraction of sp³-hybridized carbons (Fsp3) is 0.714. The first kappa shape index (κ1) is 22.1. The third-order valence-corrected chi connectivity index (χ3v) is 11.8. The largest absolute Gasteiger partial charge is 0.414 e. The second-order valence-electron chi connectivity index (χ2n) is 8.49. The summed E-state index contributed by atoms with van der Waals surface area (Å²) >= 11 is 0. The van der Waals surface area contributed by atoms with Crippen molar-refractivity contribution in [2.75, 3.05) is 6.61 Å². The molecule has 0 saturated heterocycles. The lowest BCUT2D eigenvalue weighted by Crippen LogP contribution is -2.40. The molecule has 1 fully saturated rings. The number of rotatable bonds is 11. The Morgan fingerprint density at radius 1 is 1.11 bits per heavy atom. The highest BCUT2D eigenvalue weighted by atomic mass is 28.4. The summed E-state index contributed by atoms with van der Waals surface area (Å²) in [6, 6.07) is 13.2. The van der Waals surface area contributed by atoms with Crippen LogP contribution in [0, 0.1) is 21.4 Å². The Hall–Kier alpha value is -1.24. The lowest BCUT2D eigenvalue weighted by molar-refractivity contribution is -0.546. The van der Waals surface area contributed by atoms with E-state index in [0.29, 0.717) is 13.2 Å². The molecular formula is C21H35NO4Si. The van der Waals surface area contributed by atoms with E-state index in [1.807, 2.05) is 44.2 Å². The number of ether oxygens (including phenoxy) is 1. The van der Waals surface area contributed by atoms with Crippen molar-refractivity contribution in [3.63, 3.8) is 0 Å². The van der Waals surface area contributed by atoms with Gasteiger partial charge in [0.15, 0.2) is 8.32 Å². The topological polar surface area (TPSA) is 61.6 Å². The maximum absolute atomic E-state index is 11.8. The van der Waals surface area contributed by atoms with Gasteiger partial charge in [0.2, 0.25) is 5.54 Å². The van der Waals surface area contributed by atoms with Crippen LogP contribution in [0.25, 0.3) is 0 Å². The fourth-order valence-electron chi connectivity index (χ4n) is 4.51. The van der Waals surface area contributed by atoms with Gasteiger partial charge in [-0.05, 0) is 23.7 Å². The highest BCUT2D eigenvalue weighted by Crippen LogP contribution is 2.65. The predicted molar refractivity (Wildman–Crippen MR) is 111 cm³/mol. The summed E-state index contributed by atoms with van der Waals surface area (Å²) in [4.78, 5) is 11.7. The molecule has 1 aliphatic rings. The molecular weight excluding hydrogens is 358 g/mol. The summed E-state index contributed by atoms with van der Waals surface area (Å²) in [7, 11) is -1.78. The zero-order chi connectivity index (χ0) is 20.3. The molecule has 27 heavy (non-hydrogen) atoms. The monoisotopic (exact) mass is 393 g/mol. The van der Waals surface area contributed by atoms with E-state index in [2.05, 4.69) is 20.8 Å². The standard InChI is InChI=1S/C21H35NO4Si/c1-7-27(8-2,9-3)26-16-18(25-15-17-13-11-10-12-14-17)19-20(4,5)21(19,6)22(23)24/h10-14,18-19H,7-9,15-16H2,1-6H3/t18-,19+,21+/m0/s1. The number of nitrogens with zero attached hydrogens (tertiary/aromatic N) is 1. The average Bonchev–Trinajstić information content (AvgIpc) is 3.13. The van der Waals surface area contributed by atoms with Gasteiger partial charge >= 0.3 is 0 Å². The lowest BCUT2D eigenvalue weighted by Gasteiger charge is -2.31. The molecule has 0 spiro atoms. The highest BCUT2D eigenvalue weighted by molar-refractivity contribution is 6.73. The fourth-order valence-corrected chi connectivity index (χ4v) is 7.14. The third-order valence-electron chi connectivity index (χ3n) is 7.15. The minimum atomic E-state index is -1.78. The molecule has 0 aromatic heterocycles. The molecule has 0 unspecified atom stereocenters. The van der Waals surface area contributed by atoms with E-state index >= 15 is 0 Å². The van der Waals surface area contributed by atoms with Crippen molar-refractivity contribution in [1.82, 2.24) is 0 Å². The van der Waals surface area contributed by atoms with Gasteiger partial charge in [-0.2, -0.15) is 0 Å². The lowest BCUT2D eigenvalue weighted by atomic mass is 10.1. The normalized spacial score (nSPS) is 25.2. The van der Waals surface area contributed by atoms with Gasteiger partial charge in [0.1, 0.15) is 0 Å². The van der Waals surface area contributed by atoms with Crippen molar-refractivity contribution in [3.05, 3.63) is 46.0 Å². The molecule has 2 rings (SSSR count). The van der Waals surface area contributed by atoms with Crippen LogP contribution in [-0.2, 0) is 15.8 Å². The molecule has 1 aromatic rings. The molecule has 1 aromatic carbocycles. The van der Waals surface area contributed by atoms with Crippen LogP contribution in [0.5, 0.6) is 0 Å². The van der Waals surface area contributed by atoms with Crippen LogP contribution in [0.1, 0.15) is 47.1 Å². The Labute approximate surface area is 164 Å². The maximum atomic E-state index is 11.8. The quantitative estimate of drug-likeness (QED) is 0.291. The zero-order valence-electron chi connectivity index (χ0n) is 17.7. The minimum Gasteiger partial charge on any atom is -0.414 e. The second kappa shape index (κ2) is 8.41. The van der Waals surface area contributed by atoms with E-state index in [-0.39, 0.29) is 16.9 Å². The van der Waals surface area contributed by atoms with Gasteiger partial charge in [-0.25, -0.2) is 0 Å². The first-order valence-corrected chi connectivity index (χ1v) is 12.7. The molecule has 0 amide bonds. The molecule has 152 valence electrons. The van der Waals surface area contributed by atoms with Crippen LogP contribution in [-0.4, -0.2) is 31.5 Å². The first-order valence-electron chi connectivity index (χ1n) is 10.1. The molecule has 6 heteroatoms. The van der Waals surface area contributed by atoms with Crippen LogP contribution in [0.4, 0.5) is 0 Å². The van der Waals surface area contributed by atoms with E-state index in [4.69, 9.17) is 9.16 Å². The first-order chi connectivity index (χ1) is 12.7. The maximum Gasteiger partial charge on any atom is 0.231 e. The summed E-state index contributed by atoms with van der Waals surface area (Å²) in [5, 5.41) is 11.8. The molecule has 0 N–H and O–H groups in total. The average molecular weight is 394 g/mol. The van der Waals surface area contributed by atoms with Gasteiger partial charge in [-0.15, -0.1) is 0 Å². The van der Waals surface area contributed by atoms with Crippen molar-refractivity contribution in [2.45, 2.75) is 77.9 Å². The van der Waals surface area contributed by atoms with Gasteiger partial charge in [0.05, 0.1) is 25.2 Å².